The van der Waals surface area contributed by atoms with Gasteiger partial charge in [-0.2, -0.15) is 0 Å². The average Bonchev–Trinajstić information content (AvgIpc) is 2.94. The first-order valence-electron chi connectivity index (χ1n) is 12.8. The van der Waals surface area contributed by atoms with Gasteiger partial charge in [-0.15, -0.1) is 0 Å². The van der Waals surface area contributed by atoms with Crippen molar-refractivity contribution in [3.63, 3.8) is 0 Å². The first kappa shape index (κ1) is 28.4. The van der Waals surface area contributed by atoms with E-state index in [1.807, 2.05) is 36.4 Å². The second-order valence-corrected chi connectivity index (χ2v) is 11.6. The molecular weight excluding hydrogens is 540 g/mol. The van der Waals surface area contributed by atoms with Crippen molar-refractivity contribution in [1.29, 1.82) is 0 Å². The molecule has 3 aromatic carbocycles. The van der Waals surface area contributed by atoms with E-state index in [9.17, 15) is 18.0 Å². The summed E-state index contributed by atoms with van der Waals surface area (Å²) in [5, 5.41) is 0.564. The Bertz CT molecular complexity index is 1380. The molecule has 39 heavy (non-hydrogen) atoms. The van der Waals surface area contributed by atoms with Crippen molar-refractivity contribution in [3.8, 4) is 5.75 Å². The molecule has 0 saturated carbocycles. The largest absolute Gasteiger partial charge is 0.488 e. The molecule has 206 valence electrons. The number of likely N-dealkylation sites (tertiary alicyclic amines) is 1. The fourth-order valence-corrected chi connectivity index (χ4v) is 5.74. The van der Waals surface area contributed by atoms with Crippen LogP contribution in [0.5, 0.6) is 5.75 Å². The molecule has 1 fully saturated rings. The second-order valence-electron chi connectivity index (χ2n) is 9.34. The van der Waals surface area contributed by atoms with Crippen LogP contribution in [-0.4, -0.2) is 43.7 Å². The SMILES string of the molecule is O=C(NS(=O)(=O)CC[C@@H]1CCCCN1C(=O)OCc1ccccc1)c1ccccc1OCc1cccc(Cl)c1. The highest BCUT2D eigenvalue weighted by molar-refractivity contribution is 7.90. The Labute approximate surface area is 233 Å². The third kappa shape index (κ3) is 8.46. The number of hydrogen-bond acceptors (Lipinski definition) is 6. The van der Waals surface area contributed by atoms with E-state index in [0.717, 1.165) is 24.0 Å². The third-order valence-corrected chi connectivity index (χ3v) is 7.95. The minimum absolute atomic E-state index is 0.104. The van der Waals surface area contributed by atoms with Gasteiger partial charge < -0.3 is 14.4 Å². The lowest BCUT2D eigenvalue weighted by Gasteiger charge is -2.34. The van der Waals surface area contributed by atoms with Crippen molar-refractivity contribution in [1.82, 2.24) is 9.62 Å². The quantitative estimate of drug-likeness (QED) is 0.342. The van der Waals surface area contributed by atoms with E-state index in [0.29, 0.717) is 18.0 Å². The summed E-state index contributed by atoms with van der Waals surface area (Å²) in [7, 11) is -3.97. The molecule has 1 aliphatic rings. The van der Waals surface area contributed by atoms with Crippen molar-refractivity contribution in [2.75, 3.05) is 12.3 Å². The molecule has 0 radical (unpaired) electrons. The number of para-hydroxylation sites is 1. The van der Waals surface area contributed by atoms with Gasteiger partial charge in [0.25, 0.3) is 5.91 Å². The van der Waals surface area contributed by atoms with Crippen LogP contribution < -0.4 is 9.46 Å². The predicted molar refractivity (Wildman–Crippen MR) is 149 cm³/mol. The minimum atomic E-state index is -3.97. The van der Waals surface area contributed by atoms with Crippen LogP contribution in [0.3, 0.4) is 0 Å². The summed E-state index contributed by atoms with van der Waals surface area (Å²) < 4.78 is 39.1. The first-order valence-corrected chi connectivity index (χ1v) is 14.8. The highest BCUT2D eigenvalue weighted by atomic mass is 35.5. The van der Waals surface area contributed by atoms with Crippen LogP contribution in [0.1, 0.15) is 47.2 Å². The summed E-state index contributed by atoms with van der Waals surface area (Å²) in [6, 6.07) is 22.7. The van der Waals surface area contributed by atoms with E-state index in [2.05, 4.69) is 4.72 Å². The standard InChI is InChI=1S/C29H31ClN2O6S/c30-24-12-8-11-23(19-24)21-37-27-15-5-4-14-26(27)28(33)31-39(35,36)18-16-25-13-6-7-17-32(25)29(34)38-20-22-9-2-1-3-10-22/h1-5,8-12,14-15,19,25H,6-7,13,16-18,20-21H2,(H,31,33)/t25-/m0/s1. The van der Waals surface area contributed by atoms with Gasteiger partial charge in [0.2, 0.25) is 10.0 Å². The molecule has 4 rings (SSSR count). The van der Waals surface area contributed by atoms with Gasteiger partial charge >= 0.3 is 6.09 Å². The van der Waals surface area contributed by atoms with Crippen LogP contribution in [-0.2, 0) is 28.0 Å². The number of amides is 2. The highest BCUT2D eigenvalue weighted by Gasteiger charge is 2.30. The summed E-state index contributed by atoms with van der Waals surface area (Å²) in [5.74, 6) is -0.832. The summed E-state index contributed by atoms with van der Waals surface area (Å²) in [4.78, 5) is 27.3. The fraction of sp³-hybridized carbons (Fsp3) is 0.310. The zero-order valence-electron chi connectivity index (χ0n) is 21.4. The van der Waals surface area contributed by atoms with Gasteiger partial charge in [0.05, 0.1) is 11.3 Å². The minimum Gasteiger partial charge on any atom is -0.488 e. The van der Waals surface area contributed by atoms with Crippen LogP contribution in [0.15, 0.2) is 78.9 Å². The summed E-state index contributed by atoms with van der Waals surface area (Å²) >= 11 is 6.02. The molecule has 0 aromatic heterocycles. The molecule has 1 N–H and O–H groups in total. The first-order chi connectivity index (χ1) is 18.8. The molecular formula is C29H31ClN2O6S. The Morgan fingerprint density at radius 3 is 2.46 bits per heavy atom. The third-order valence-electron chi connectivity index (χ3n) is 6.45. The number of ether oxygens (including phenoxy) is 2. The number of sulfonamides is 1. The molecule has 10 heteroatoms. The zero-order valence-corrected chi connectivity index (χ0v) is 23.0. The van der Waals surface area contributed by atoms with E-state index in [-0.39, 0.29) is 42.7 Å². The smallest absolute Gasteiger partial charge is 0.410 e. The predicted octanol–water partition coefficient (Wildman–Crippen LogP) is 5.56. The van der Waals surface area contributed by atoms with Crippen LogP contribution in [0, 0.1) is 0 Å². The number of nitrogens with one attached hydrogen (secondary N) is 1. The van der Waals surface area contributed by atoms with Crippen molar-refractivity contribution >= 4 is 33.6 Å². The van der Waals surface area contributed by atoms with Gasteiger partial charge in [-0.05, 0) is 61.1 Å². The number of hydrogen-bond donors (Lipinski definition) is 1. The lowest BCUT2D eigenvalue weighted by molar-refractivity contribution is 0.0672. The van der Waals surface area contributed by atoms with Crippen molar-refractivity contribution in [3.05, 3.63) is 101 Å². The number of nitrogens with zero attached hydrogens (tertiary/aromatic N) is 1. The number of benzene rings is 3. The number of rotatable bonds is 10. The van der Waals surface area contributed by atoms with Gasteiger partial charge in [0, 0.05) is 17.6 Å². The molecule has 1 aliphatic heterocycles. The Morgan fingerprint density at radius 1 is 0.923 bits per heavy atom. The molecule has 0 aliphatic carbocycles. The highest BCUT2D eigenvalue weighted by Crippen LogP contribution is 2.23. The van der Waals surface area contributed by atoms with E-state index < -0.39 is 22.0 Å². The molecule has 0 bridgehead atoms. The normalized spacial score (nSPS) is 15.4. The zero-order chi connectivity index (χ0) is 27.7. The average molecular weight is 571 g/mol. The van der Waals surface area contributed by atoms with Gasteiger partial charge in [0.15, 0.2) is 0 Å². The molecule has 1 heterocycles. The van der Waals surface area contributed by atoms with Crippen molar-refractivity contribution in [2.45, 2.75) is 44.9 Å². The lowest BCUT2D eigenvalue weighted by Crippen LogP contribution is -2.45. The monoisotopic (exact) mass is 570 g/mol. The molecule has 1 saturated heterocycles. The number of carbonyl (C=O) groups is 2. The molecule has 2 amide bonds. The van der Waals surface area contributed by atoms with Gasteiger partial charge in [-0.1, -0.05) is 66.2 Å². The van der Waals surface area contributed by atoms with E-state index in [1.54, 1.807) is 41.3 Å². The van der Waals surface area contributed by atoms with E-state index in [1.165, 1.54) is 6.07 Å². The summed E-state index contributed by atoms with van der Waals surface area (Å²) in [6.45, 7) is 0.813. The molecule has 1 atom stereocenters. The van der Waals surface area contributed by atoms with Gasteiger partial charge in [0.1, 0.15) is 19.0 Å². The number of halogens is 1. The summed E-state index contributed by atoms with van der Waals surface area (Å²) in [5.41, 5.74) is 1.79. The van der Waals surface area contributed by atoms with Crippen LogP contribution in [0.2, 0.25) is 5.02 Å². The van der Waals surface area contributed by atoms with Crippen LogP contribution in [0.25, 0.3) is 0 Å². The fourth-order valence-electron chi connectivity index (χ4n) is 4.45. The molecule has 0 unspecified atom stereocenters. The lowest BCUT2D eigenvalue weighted by atomic mass is 10.0. The van der Waals surface area contributed by atoms with E-state index in [4.69, 9.17) is 21.1 Å². The molecule has 8 nitrogen and oxygen atoms in total. The van der Waals surface area contributed by atoms with E-state index >= 15 is 0 Å². The molecule has 0 spiro atoms. The Morgan fingerprint density at radius 2 is 1.67 bits per heavy atom. The maximum absolute atomic E-state index is 12.9. The number of carbonyl (C=O) groups excluding carboxylic acids is 2. The van der Waals surface area contributed by atoms with Crippen molar-refractivity contribution in [2.24, 2.45) is 0 Å². The Balaban J connectivity index is 1.33. The van der Waals surface area contributed by atoms with Gasteiger partial charge in [-0.3, -0.25) is 4.79 Å². The Kier molecular flexibility index (Phi) is 9.84. The topological polar surface area (TPSA) is 102 Å². The maximum atomic E-state index is 12.9. The summed E-state index contributed by atoms with van der Waals surface area (Å²) in [6.07, 6.45) is 2.11. The second kappa shape index (κ2) is 13.5. The van der Waals surface area contributed by atoms with Crippen LogP contribution in [0.4, 0.5) is 4.79 Å². The van der Waals surface area contributed by atoms with Gasteiger partial charge in [-0.25, -0.2) is 17.9 Å². The van der Waals surface area contributed by atoms with Crippen molar-refractivity contribution < 1.29 is 27.5 Å². The van der Waals surface area contributed by atoms with Crippen LogP contribution >= 0.6 is 11.6 Å². The maximum Gasteiger partial charge on any atom is 0.410 e. The Hall–Kier alpha value is -3.56. The molecule has 3 aromatic rings. The number of piperidine rings is 1.